The SMILES string of the molecule is CN(C)C(C=O)CCOc1cc[c]c(CO)c1. The van der Waals surface area contributed by atoms with Gasteiger partial charge < -0.3 is 14.6 Å². The molecule has 1 rings (SSSR count). The maximum atomic E-state index is 10.8. The molecule has 0 heterocycles. The first-order valence-corrected chi connectivity index (χ1v) is 5.53. The third-order valence-electron chi connectivity index (χ3n) is 2.51. The van der Waals surface area contributed by atoms with Crippen LogP contribution in [0.4, 0.5) is 0 Å². The van der Waals surface area contributed by atoms with E-state index >= 15 is 0 Å². The Morgan fingerprint density at radius 3 is 2.94 bits per heavy atom. The molecule has 1 atom stereocenters. The normalized spacial score (nSPS) is 12.5. The number of likely N-dealkylation sites (N-methyl/N-ethyl adjacent to an activating group) is 1. The van der Waals surface area contributed by atoms with Gasteiger partial charge in [-0.25, -0.2) is 0 Å². The van der Waals surface area contributed by atoms with Crippen molar-refractivity contribution in [2.75, 3.05) is 20.7 Å². The monoisotopic (exact) mass is 236 g/mol. The van der Waals surface area contributed by atoms with Crippen molar-refractivity contribution in [3.63, 3.8) is 0 Å². The van der Waals surface area contributed by atoms with Gasteiger partial charge in [0.2, 0.25) is 0 Å². The molecule has 0 aromatic heterocycles. The fourth-order valence-electron chi connectivity index (χ4n) is 1.42. The minimum atomic E-state index is -0.123. The first-order valence-electron chi connectivity index (χ1n) is 5.53. The predicted octanol–water partition coefficient (Wildman–Crippen LogP) is 0.877. The van der Waals surface area contributed by atoms with E-state index in [1.54, 1.807) is 18.2 Å². The van der Waals surface area contributed by atoms with E-state index in [2.05, 4.69) is 6.07 Å². The Balaban J connectivity index is 2.42. The summed E-state index contributed by atoms with van der Waals surface area (Å²) in [6.45, 7) is 0.419. The Labute approximate surface area is 102 Å². The van der Waals surface area contributed by atoms with Crippen LogP contribution in [0, 0.1) is 6.07 Å². The lowest BCUT2D eigenvalue weighted by molar-refractivity contribution is -0.112. The third-order valence-corrected chi connectivity index (χ3v) is 2.51. The smallest absolute Gasteiger partial charge is 0.137 e. The Morgan fingerprint density at radius 1 is 1.59 bits per heavy atom. The van der Waals surface area contributed by atoms with Gasteiger partial charge in [-0.2, -0.15) is 0 Å². The summed E-state index contributed by atoms with van der Waals surface area (Å²) in [5.74, 6) is 0.691. The lowest BCUT2D eigenvalue weighted by Gasteiger charge is -2.18. The summed E-state index contributed by atoms with van der Waals surface area (Å²) in [4.78, 5) is 12.6. The number of hydrogen-bond donors (Lipinski definition) is 1. The summed E-state index contributed by atoms with van der Waals surface area (Å²) in [5, 5.41) is 8.95. The molecule has 93 valence electrons. The number of hydrogen-bond acceptors (Lipinski definition) is 4. The van der Waals surface area contributed by atoms with Gasteiger partial charge >= 0.3 is 0 Å². The van der Waals surface area contributed by atoms with Crippen molar-refractivity contribution in [1.82, 2.24) is 4.90 Å². The van der Waals surface area contributed by atoms with Crippen LogP contribution in [0.2, 0.25) is 0 Å². The maximum absolute atomic E-state index is 10.8. The fourth-order valence-corrected chi connectivity index (χ4v) is 1.42. The molecule has 1 radical (unpaired) electrons. The molecule has 1 aromatic rings. The second kappa shape index (κ2) is 7.04. The first-order chi connectivity index (χ1) is 8.17. The van der Waals surface area contributed by atoms with Crippen molar-refractivity contribution >= 4 is 6.29 Å². The van der Waals surface area contributed by atoms with Crippen molar-refractivity contribution in [2.45, 2.75) is 19.1 Å². The molecule has 0 aliphatic heterocycles. The lowest BCUT2D eigenvalue weighted by Crippen LogP contribution is -2.30. The number of aldehydes is 1. The number of rotatable bonds is 7. The van der Waals surface area contributed by atoms with Crippen LogP contribution in [0.1, 0.15) is 12.0 Å². The summed E-state index contributed by atoms with van der Waals surface area (Å²) in [5.41, 5.74) is 0.696. The molecule has 1 unspecified atom stereocenters. The number of aliphatic hydroxyl groups excluding tert-OH is 1. The quantitative estimate of drug-likeness (QED) is 0.714. The van der Waals surface area contributed by atoms with Crippen LogP contribution in [0.5, 0.6) is 5.75 Å². The number of aliphatic hydroxyl groups is 1. The molecular weight excluding hydrogens is 218 g/mol. The highest BCUT2D eigenvalue weighted by molar-refractivity contribution is 5.57. The van der Waals surface area contributed by atoms with Crippen molar-refractivity contribution in [2.24, 2.45) is 0 Å². The van der Waals surface area contributed by atoms with Crippen molar-refractivity contribution in [1.29, 1.82) is 0 Å². The van der Waals surface area contributed by atoms with Gasteiger partial charge in [0.05, 0.1) is 19.3 Å². The van der Waals surface area contributed by atoms with Crippen LogP contribution in [0.25, 0.3) is 0 Å². The van der Waals surface area contributed by atoms with Crippen molar-refractivity contribution in [3.05, 3.63) is 29.8 Å². The zero-order valence-electron chi connectivity index (χ0n) is 10.2. The second-order valence-electron chi connectivity index (χ2n) is 4.01. The molecule has 0 aliphatic rings. The Hall–Kier alpha value is -1.39. The Kier molecular flexibility index (Phi) is 5.66. The highest BCUT2D eigenvalue weighted by Gasteiger charge is 2.09. The molecule has 0 saturated heterocycles. The van der Waals surface area contributed by atoms with Gasteiger partial charge in [-0.15, -0.1) is 0 Å². The van der Waals surface area contributed by atoms with E-state index in [0.29, 0.717) is 24.3 Å². The molecule has 0 spiro atoms. The minimum absolute atomic E-state index is 0.0497. The molecule has 4 heteroatoms. The summed E-state index contributed by atoms with van der Waals surface area (Å²) in [6.07, 6.45) is 1.56. The third kappa shape index (κ3) is 4.54. The maximum Gasteiger partial charge on any atom is 0.137 e. The van der Waals surface area contributed by atoms with E-state index < -0.39 is 0 Å². The van der Waals surface area contributed by atoms with Crippen LogP contribution in [-0.2, 0) is 11.4 Å². The predicted molar refractivity (Wildman–Crippen MR) is 64.9 cm³/mol. The van der Waals surface area contributed by atoms with Gasteiger partial charge in [0.1, 0.15) is 12.0 Å². The van der Waals surface area contributed by atoms with E-state index in [-0.39, 0.29) is 12.6 Å². The van der Waals surface area contributed by atoms with Crippen LogP contribution in [-0.4, -0.2) is 43.0 Å². The van der Waals surface area contributed by atoms with Gasteiger partial charge in [0.25, 0.3) is 0 Å². The van der Waals surface area contributed by atoms with Crippen LogP contribution in [0.15, 0.2) is 18.2 Å². The van der Waals surface area contributed by atoms with Gasteiger partial charge in [-0.3, -0.25) is 4.90 Å². The van der Waals surface area contributed by atoms with E-state index in [1.165, 1.54) is 0 Å². The van der Waals surface area contributed by atoms with Crippen molar-refractivity contribution in [3.8, 4) is 5.75 Å². The van der Waals surface area contributed by atoms with Crippen LogP contribution < -0.4 is 4.74 Å². The molecule has 0 bridgehead atoms. The average Bonchev–Trinajstić information content (AvgIpc) is 2.34. The fraction of sp³-hybridized carbons (Fsp3) is 0.462. The van der Waals surface area contributed by atoms with Gasteiger partial charge in [0.15, 0.2) is 0 Å². The minimum Gasteiger partial charge on any atom is -0.494 e. The summed E-state index contributed by atoms with van der Waals surface area (Å²) < 4.78 is 5.51. The van der Waals surface area contributed by atoms with Gasteiger partial charge in [0, 0.05) is 6.42 Å². The van der Waals surface area contributed by atoms with Crippen LogP contribution >= 0.6 is 0 Å². The molecule has 0 amide bonds. The van der Waals surface area contributed by atoms with E-state index in [0.717, 1.165) is 6.29 Å². The summed E-state index contributed by atoms with van der Waals surface area (Å²) in [7, 11) is 3.72. The summed E-state index contributed by atoms with van der Waals surface area (Å²) >= 11 is 0. The van der Waals surface area contributed by atoms with Crippen LogP contribution in [0.3, 0.4) is 0 Å². The second-order valence-corrected chi connectivity index (χ2v) is 4.01. The summed E-state index contributed by atoms with van der Waals surface area (Å²) in [6, 6.07) is 8.01. The van der Waals surface area contributed by atoms with Gasteiger partial charge in [-0.1, -0.05) is 6.07 Å². The van der Waals surface area contributed by atoms with E-state index in [1.807, 2.05) is 19.0 Å². The number of benzene rings is 1. The van der Waals surface area contributed by atoms with E-state index in [9.17, 15) is 4.79 Å². The molecule has 0 saturated carbocycles. The van der Waals surface area contributed by atoms with Crippen molar-refractivity contribution < 1.29 is 14.6 Å². The average molecular weight is 236 g/mol. The molecule has 4 nitrogen and oxygen atoms in total. The number of nitrogens with zero attached hydrogens (tertiary/aromatic N) is 1. The zero-order valence-corrected chi connectivity index (χ0v) is 10.2. The molecule has 1 aromatic carbocycles. The van der Waals surface area contributed by atoms with E-state index in [4.69, 9.17) is 9.84 Å². The molecular formula is C13H18NO3. The molecule has 0 fully saturated rings. The number of ether oxygens (including phenoxy) is 1. The molecule has 17 heavy (non-hydrogen) atoms. The molecule has 0 aliphatic carbocycles. The Morgan fingerprint density at radius 2 is 2.35 bits per heavy atom. The highest BCUT2D eigenvalue weighted by atomic mass is 16.5. The zero-order chi connectivity index (χ0) is 12.7. The topological polar surface area (TPSA) is 49.8 Å². The standard InChI is InChI=1S/C13H18NO3/c1-14(2)12(10-16)6-7-17-13-5-3-4-11(8-13)9-15/h3,5,8,10,12,15H,6-7,9H2,1-2H3. The lowest BCUT2D eigenvalue weighted by atomic mass is 10.2. The largest absolute Gasteiger partial charge is 0.494 e. The Bertz CT molecular complexity index is 352. The number of carbonyl (C=O) groups excluding carboxylic acids is 1. The highest BCUT2D eigenvalue weighted by Crippen LogP contribution is 2.13. The first kappa shape index (κ1) is 13.7. The van der Waals surface area contributed by atoms with Gasteiger partial charge in [-0.05, 0) is 37.9 Å². The molecule has 1 N–H and O–H groups in total. The number of carbonyl (C=O) groups is 1.